The standard InChI is InChI=1S/C15H23BrN4O3/c1-3-23-13(21)9-18-14-15(20-12(16)8-17-14)19-10-4-6-11(22-2)7-5-10/h8,10-11H,3-7,9H2,1-2H3,(H,17,18)(H,19,20)/t10-,11-/i2D3. The van der Waals surface area contributed by atoms with E-state index in [1.807, 2.05) is 0 Å². The molecule has 1 aliphatic carbocycles. The molecule has 2 rings (SSSR count). The normalized spacial score (nSPS) is 23.3. The number of methoxy groups -OCH3 is 1. The smallest absolute Gasteiger partial charge is 0.325 e. The maximum atomic E-state index is 11.5. The topological polar surface area (TPSA) is 85.4 Å². The molecule has 1 aromatic heterocycles. The Morgan fingerprint density at radius 2 is 2.22 bits per heavy atom. The van der Waals surface area contributed by atoms with Gasteiger partial charge in [-0.2, -0.15) is 0 Å². The third-order valence-electron chi connectivity index (χ3n) is 3.63. The van der Waals surface area contributed by atoms with Gasteiger partial charge in [-0.15, -0.1) is 0 Å². The number of carbonyl (C=O) groups excluding carboxylic acids is 1. The first-order chi connectivity index (χ1) is 12.3. The maximum Gasteiger partial charge on any atom is 0.325 e. The molecule has 0 bridgehead atoms. The first-order valence-electron chi connectivity index (χ1n) is 9.13. The lowest BCUT2D eigenvalue weighted by Gasteiger charge is -2.29. The van der Waals surface area contributed by atoms with Gasteiger partial charge in [0.2, 0.25) is 0 Å². The first kappa shape index (κ1) is 14.0. The van der Waals surface area contributed by atoms with Gasteiger partial charge >= 0.3 is 5.97 Å². The minimum Gasteiger partial charge on any atom is -0.465 e. The molecule has 2 N–H and O–H groups in total. The second-order valence-corrected chi connectivity index (χ2v) is 6.10. The maximum absolute atomic E-state index is 11.5. The molecule has 0 amide bonds. The summed E-state index contributed by atoms with van der Waals surface area (Å²) in [5.41, 5.74) is 0. The number of halogens is 1. The quantitative estimate of drug-likeness (QED) is 0.692. The molecule has 0 spiro atoms. The fourth-order valence-electron chi connectivity index (χ4n) is 2.48. The predicted octanol–water partition coefficient (Wildman–Crippen LogP) is 2.58. The summed E-state index contributed by atoms with van der Waals surface area (Å²) in [4.78, 5) is 20.1. The van der Waals surface area contributed by atoms with Crippen LogP contribution >= 0.6 is 15.9 Å². The van der Waals surface area contributed by atoms with Gasteiger partial charge in [0.25, 0.3) is 0 Å². The number of hydrogen-bond donors (Lipinski definition) is 2. The monoisotopic (exact) mass is 389 g/mol. The second-order valence-electron chi connectivity index (χ2n) is 5.28. The van der Waals surface area contributed by atoms with E-state index in [1.54, 1.807) is 13.1 Å². The zero-order valence-corrected chi connectivity index (χ0v) is 14.6. The number of rotatable bonds is 7. The first-order valence-corrected chi connectivity index (χ1v) is 8.42. The summed E-state index contributed by atoms with van der Waals surface area (Å²) in [5.74, 6) is 0.622. The zero-order chi connectivity index (χ0) is 19.2. The Kier molecular flexibility index (Phi) is 5.48. The van der Waals surface area contributed by atoms with Crippen LogP contribution in [0.3, 0.4) is 0 Å². The van der Waals surface area contributed by atoms with Crippen molar-refractivity contribution in [2.45, 2.75) is 44.8 Å². The molecule has 23 heavy (non-hydrogen) atoms. The summed E-state index contributed by atoms with van der Waals surface area (Å²) in [6, 6.07) is 0.123. The van der Waals surface area contributed by atoms with E-state index in [0.717, 1.165) is 12.8 Å². The number of hydrogen-bond acceptors (Lipinski definition) is 7. The van der Waals surface area contributed by atoms with Crippen molar-refractivity contribution >= 4 is 33.5 Å². The Morgan fingerprint density at radius 3 is 2.91 bits per heavy atom. The number of nitrogens with one attached hydrogen (secondary N) is 2. The van der Waals surface area contributed by atoms with Crippen molar-refractivity contribution in [1.82, 2.24) is 9.97 Å². The molecule has 1 heterocycles. The molecule has 0 saturated heterocycles. The van der Waals surface area contributed by atoms with E-state index in [2.05, 4.69) is 36.5 Å². The third kappa shape index (κ3) is 5.62. The molecule has 1 aromatic rings. The molecule has 128 valence electrons. The minimum atomic E-state index is -2.36. The van der Waals surface area contributed by atoms with E-state index in [0.29, 0.717) is 35.7 Å². The van der Waals surface area contributed by atoms with Crippen LogP contribution in [0, 0.1) is 0 Å². The SMILES string of the molecule is [2H]C([2H])([2H])O[C@H]1CC[C@H](Nc2nc(Br)cnc2NCC(=O)OCC)CC1. The molecule has 7 nitrogen and oxygen atoms in total. The lowest BCUT2D eigenvalue weighted by Crippen LogP contribution is -2.30. The number of esters is 1. The highest BCUT2D eigenvalue weighted by Gasteiger charge is 2.22. The molecule has 1 fully saturated rings. The number of ether oxygens (including phenoxy) is 2. The van der Waals surface area contributed by atoms with Crippen LogP contribution in [0.25, 0.3) is 0 Å². The van der Waals surface area contributed by atoms with Crippen molar-refractivity contribution in [2.24, 2.45) is 0 Å². The highest BCUT2D eigenvalue weighted by Crippen LogP contribution is 2.26. The summed E-state index contributed by atoms with van der Waals surface area (Å²) in [5, 5.41) is 6.24. The van der Waals surface area contributed by atoms with Gasteiger partial charge in [-0.25, -0.2) is 9.97 Å². The fourth-order valence-corrected chi connectivity index (χ4v) is 2.76. The summed E-state index contributed by atoms with van der Waals surface area (Å²) < 4.78 is 32.1. The average Bonchev–Trinajstić information content (AvgIpc) is 2.55. The highest BCUT2D eigenvalue weighted by atomic mass is 79.9. The van der Waals surface area contributed by atoms with Crippen LogP contribution in [0.1, 0.15) is 36.7 Å². The van der Waals surface area contributed by atoms with E-state index < -0.39 is 7.04 Å². The van der Waals surface area contributed by atoms with Crippen LogP contribution < -0.4 is 10.6 Å². The number of anilines is 2. The van der Waals surface area contributed by atoms with Crippen molar-refractivity contribution in [3.8, 4) is 0 Å². The van der Waals surface area contributed by atoms with Crippen molar-refractivity contribution in [2.75, 3.05) is 30.8 Å². The Morgan fingerprint density at radius 1 is 1.43 bits per heavy atom. The molecule has 0 unspecified atom stereocenters. The fraction of sp³-hybridized carbons (Fsp3) is 0.667. The summed E-state index contributed by atoms with van der Waals surface area (Å²) >= 11 is 3.29. The molecule has 0 radical (unpaired) electrons. The van der Waals surface area contributed by atoms with E-state index in [4.69, 9.17) is 13.6 Å². The Bertz CT molecular complexity index is 610. The molecule has 0 aromatic carbocycles. The van der Waals surface area contributed by atoms with Crippen molar-refractivity contribution in [1.29, 1.82) is 0 Å². The van der Waals surface area contributed by atoms with Crippen LogP contribution in [-0.4, -0.2) is 48.3 Å². The van der Waals surface area contributed by atoms with E-state index in [9.17, 15) is 4.79 Å². The van der Waals surface area contributed by atoms with Crippen LogP contribution in [0.4, 0.5) is 11.6 Å². The third-order valence-corrected chi connectivity index (χ3v) is 4.01. The number of nitrogens with zero attached hydrogens (tertiary/aromatic N) is 2. The van der Waals surface area contributed by atoms with Crippen LogP contribution in [0.2, 0.25) is 0 Å². The summed E-state index contributed by atoms with van der Waals surface area (Å²) in [7, 11) is -2.36. The molecule has 0 atom stereocenters. The van der Waals surface area contributed by atoms with Gasteiger partial charge in [0, 0.05) is 13.1 Å². The predicted molar refractivity (Wildman–Crippen MR) is 91.5 cm³/mol. The lowest BCUT2D eigenvalue weighted by molar-refractivity contribution is -0.140. The zero-order valence-electron chi connectivity index (χ0n) is 16.0. The molecule has 0 aliphatic heterocycles. The van der Waals surface area contributed by atoms with E-state index in [1.165, 1.54) is 0 Å². The van der Waals surface area contributed by atoms with Crippen molar-refractivity contribution in [3.63, 3.8) is 0 Å². The summed E-state index contributed by atoms with van der Waals surface area (Å²) in [6.45, 7) is 2.06. The Labute approximate surface area is 148 Å². The van der Waals surface area contributed by atoms with Crippen LogP contribution in [0.15, 0.2) is 10.8 Å². The van der Waals surface area contributed by atoms with Gasteiger partial charge < -0.3 is 20.1 Å². The summed E-state index contributed by atoms with van der Waals surface area (Å²) in [6.07, 6.45) is 4.11. The molecular formula is C15H23BrN4O3. The van der Waals surface area contributed by atoms with Crippen LogP contribution in [0.5, 0.6) is 0 Å². The van der Waals surface area contributed by atoms with E-state index >= 15 is 0 Å². The van der Waals surface area contributed by atoms with E-state index in [-0.39, 0.29) is 24.7 Å². The van der Waals surface area contributed by atoms with Crippen LogP contribution in [-0.2, 0) is 14.3 Å². The number of carbonyl (C=O) groups is 1. The Balaban J connectivity index is 1.92. The average molecular weight is 390 g/mol. The largest absolute Gasteiger partial charge is 0.465 e. The lowest BCUT2D eigenvalue weighted by atomic mass is 9.93. The minimum absolute atomic E-state index is 0.00199. The van der Waals surface area contributed by atoms with Gasteiger partial charge in [-0.1, -0.05) is 0 Å². The van der Waals surface area contributed by atoms with Crippen molar-refractivity contribution < 1.29 is 18.4 Å². The molecule has 8 heteroatoms. The molecular weight excluding hydrogens is 364 g/mol. The van der Waals surface area contributed by atoms with Gasteiger partial charge in [0.05, 0.1) is 23.0 Å². The Hall–Kier alpha value is -1.41. The van der Waals surface area contributed by atoms with Gasteiger partial charge in [-0.05, 0) is 48.5 Å². The van der Waals surface area contributed by atoms with Gasteiger partial charge in [0.15, 0.2) is 11.6 Å². The highest BCUT2D eigenvalue weighted by molar-refractivity contribution is 9.10. The molecule has 1 aliphatic rings. The molecule has 1 saturated carbocycles. The number of aromatic nitrogens is 2. The van der Waals surface area contributed by atoms with Gasteiger partial charge in [-0.3, -0.25) is 4.79 Å². The van der Waals surface area contributed by atoms with Gasteiger partial charge in [0.1, 0.15) is 11.1 Å². The second kappa shape index (κ2) is 9.02. The van der Waals surface area contributed by atoms with Crippen molar-refractivity contribution in [3.05, 3.63) is 10.8 Å².